The van der Waals surface area contributed by atoms with Crippen LogP contribution in [-0.4, -0.2) is 23.6 Å². The lowest BCUT2D eigenvalue weighted by Gasteiger charge is -2.20. The fraction of sp³-hybridized carbons (Fsp3) is 0.667. The lowest BCUT2D eigenvalue weighted by molar-refractivity contribution is 0.751. The van der Waals surface area contributed by atoms with Crippen LogP contribution in [0.2, 0.25) is 5.15 Å². The summed E-state index contributed by atoms with van der Waals surface area (Å²) in [5.41, 5.74) is 0.970. The quantitative estimate of drug-likeness (QED) is 0.742. The molecule has 16 heavy (non-hydrogen) atoms. The summed E-state index contributed by atoms with van der Waals surface area (Å²) in [7, 11) is 2.06. The summed E-state index contributed by atoms with van der Waals surface area (Å²) in [6.45, 7) is 7.20. The third-order valence-corrected chi connectivity index (χ3v) is 3.00. The van der Waals surface area contributed by atoms with Crippen LogP contribution in [0.1, 0.15) is 38.1 Å². The predicted octanol–water partition coefficient (Wildman–Crippen LogP) is 3.24. The molecule has 1 aromatic rings. The number of aromatic nitrogens is 2. The number of halogens is 1. The van der Waals surface area contributed by atoms with E-state index in [9.17, 15) is 0 Å². The maximum absolute atomic E-state index is 6.10. The first-order chi connectivity index (χ1) is 7.60. The lowest BCUT2D eigenvalue weighted by atomic mass is 10.2. The lowest BCUT2D eigenvalue weighted by Crippen LogP contribution is -2.21. The molecule has 4 heteroatoms. The van der Waals surface area contributed by atoms with Gasteiger partial charge in [0, 0.05) is 25.6 Å². The molecule has 0 saturated carbocycles. The Hall–Kier alpha value is -0.830. The summed E-state index contributed by atoms with van der Waals surface area (Å²) in [6, 6.07) is 0. The summed E-state index contributed by atoms with van der Waals surface area (Å²) in [6.07, 6.45) is 3.16. The molecule has 1 rings (SSSR count). The Labute approximate surface area is 103 Å². The Balaban J connectivity index is 2.97. The maximum Gasteiger partial charge on any atom is 0.137 e. The van der Waals surface area contributed by atoms with E-state index in [0.29, 0.717) is 5.15 Å². The molecule has 0 aliphatic rings. The second-order valence-electron chi connectivity index (χ2n) is 4.01. The highest BCUT2D eigenvalue weighted by atomic mass is 35.5. The maximum atomic E-state index is 6.10. The SMILES string of the molecule is CCCCN(C)c1nc(CC)nc(Cl)c1C. The molecule has 0 saturated heterocycles. The van der Waals surface area contributed by atoms with Gasteiger partial charge in [0.15, 0.2) is 0 Å². The second kappa shape index (κ2) is 6.04. The van der Waals surface area contributed by atoms with Gasteiger partial charge in [-0.15, -0.1) is 0 Å². The van der Waals surface area contributed by atoms with Gasteiger partial charge in [0.05, 0.1) is 0 Å². The Morgan fingerprint density at radius 3 is 2.50 bits per heavy atom. The van der Waals surface area contributed by atoms with Crippen LogP contribution in [0.15, 0.2) is 0 Å². The van der Waals surface area contributed by atoms with Crippen LogP contribution < -0.4 is 4.90 Å². The van der Waals surface area contributed by atoms with Crippen molar-refractivity contribution in [2.24, 2.45) is 0 Å². The van der Waals surface area contributed by atoms with Crippen molar-refractivity contribution in [3.63, 3.8) is 0 Å². The molecular formula is C12H20ClN3. The summed E-state index contributed by atoms with van der Waals surface area (Å²) >= 11 is 6.10. The van der Waals surface area contributed by atoms with Crippen molar-refractivity contribution in [3.8, 4) is 0 Å². The van der Waals surface area contributed by atoms with E-state index < -0.39 is 0 Å². The molecule has 0 spiro atoms. The van der Waals surface area contributed by atoms with Crippen LogP contribution in [0.4, 0.5) is 5.82 Å². The average Bonchev–Trinajstić information content (AvgIpc) is 2.29. The van der Waals surface area contributed by atoms with Gasteiger partial charge in [-0.3, -0.25) is 0 Å². The molecule has 0 bridgehead atoms. The summed E-state index contributed by atoms with van der Waals surface area (Å²) in [5, 5.41) is 0.574. The minimum Gasteiger partial charge on any atom is -0.359 e. The normalized spacial score (nSPS) is 10.6. The molecule has 1 aromatic heterocycles. The molecule has 1 heterocycles. The van der Waals surface area contributed by atoms with E-state index in [2.05, 4.69) is 28.8 Å². The Kier molecular flexibility index (Phi) is 5.00. The number of nitrogens with zero attached hydrogens (tertiary/aromatic N) is 3. The van der Waals surface area contributed by atoms with Crippen LogP contribution >= 0.6 is 11.6 Å². The zero-order chi connectivity index (χ0) is 12.1. The van der Waals surface area contributed by atoms with E-state index in [1.54, 1.807) is 0 Å². The van der Waals surface area contributed by atoms with Crippen LogP contribution in [0.25, 0.3) is 0 Å². The van der Waals surface area contributed by atoms with Crippen molar-refractivity contribution < 1.29 is 0 Å². The number of rotatable bonds is 5. The number of unbranched alkanes of at least 4 members (excludes halogenated alkanes) is 1. The van der Waals surface area contributed by atoms with Gasteiger partial charge in [0.25, 0.3) is 0 Å². The second-order valence-corrected chi connectivity index (χ2v) is 4.37. The first-order valence-electron chi connectivity index (χ1n) is 5.84. The van der Waals surface area contributed by atoms with E-state index in [-0.39, 0.29) is 0 Å². The smallest absolute Gasteiger partial charge is 0.137 e. The standard InChI is InChI=1S/C12H20ClN3/c1-5-7-8-16(4)12-9(3)11(13)14-10(6-2)15-12/h5-8H2,1-4H3. The third kappa shape index (κ3) is 3.08. The van der Waals surface area contributed by atoms with Gasteiger partial charge in [-0.1, -0.05) is 31.9 Å². The molecule has 0 N–H and O–H groups in total. The van der Waals surface area contributed by atoms with Crippen LogP contribution in [0, 0.1) is 6.92 Å². The fourth-order valence-electron chi connectivity index (χ4n) is 1.55. The molecule has 90 valence electrons. The van der Waals surface area contributed by atoms with E-state index in [0.717, 1.165) is 30.2 Å². The highest BCUT2D eigenvalue weighted by Gasteiger charge is 2.11. The highest BCUT2D eigenvalue weighted by molar-refractivity contribution is 6.30. The minimum atomic E-state index is 0.574. The van der Waals surface area contributed by atoms with Crippen molar-refractivity contribution in [2.45, 2.75) is 40.0 Å². The molecule has 0 fully saturated rings. The Morgan fingerprint density at radius 2 is 1.94 bits per heavy atom. The predicted molar refractivity (Wildman–Crippen MR) is 69.3 cm³/mol. The van der Waals surface area contributed by atoms with Gasteiger partial charge < -0.3 is 4.90 Å². The van der Waals surface area contributed by atoms with Gasteiger partial charge in [0.1, 0.15) is 16.8 Å². The van der Waals surface area contributed by atoms with Gasteiger partial charge >= 0.3 is 0 Å². The zero-order valence-electron chi connectivity index (χ0n) is 10.5. The van der Waals surface area contributed by atoms with Gasteiger partial charge in [-0.05, 0) is 13.3 Å². The fourth-order valence-corrected chi connectivity index (χ4v) is 1.73. The molecule has 0 aromatic carbocycles. The number of aryl methyl sites for hydroxylation is 1. The Morgan fingerprint density at radius 1 is 1.25 bits per heavy atom. The van der Waals surface area contributed by atoms with Crippen LogP contribution in [-0.2, 0) is 6.42 Å². The van der Waals surface area contributed by atoms with E-state index in [4.69, 9.17) is 11.6 Å². The van der Waals surface area contributed by atoms with E-state index in [1.165, 1.54) is 12.8 Å². The molecule has 0 aliphatic carbocycles. The molecule has 0 radical (unpaired) electrons. The molecule has 0 unspecified atom stereocenters. The monoisotopic (exact) mass is 241 g/mol. The average molecular weight is 242 g/mol. The number of anilines is 1. The topological polar surface area (TPSA) is 29.0 Å². The van der Waals surface area contributed by atoms with E-state index >= 15 is 0 Å². The summed E-state index contributed by atoms with van der Waals surface area (Å²) < 4.78 is 0. The molecule has 0 atom stereocenters. The first-order valence-corrected chi connectivity index (χ1v) is 6.22. The largest absolute Gasteiger partial charge is 0.359 e. The molecule has 0 amide bonds. The highest BCUT2D eigenvalue weighted by Crippen LogP contribution is 2.22. The molecule has 3 nitrogen and oxygen atoms in total. The van der Waals surface area contributed by atoms with Crippen molar-refractivity contribution in [2.75, 3.05) is 18.5 Å². The number of hydrogen-bond acceptors (Lipinski definition) is 3. The third-order valence-electron chi connectivity index (χ3n) is 2.63. The molecule has 0 aliphatic heterocycles. The van der Waals surface area contributed by atoms with Crippen molar-refractivity contribution in [1.29, 1.82) is 0 Å². The van der Waals surface area contributed by atoms with Crippen LogP contribution in [0.5, 0.6) is 0 Å². The first kappa shape index (κ1) is 13.2. The van der Waals surface area contributed by atoms with Crippen molar-refractivity contribution in [3.05, 3.63) is 16.5 Å². The van der Waals surface area contributed by atoms with Gasteiger partial charge in [-0.2, -0.15) is 0 Å². The Bertz CT molecular complexity index is 352. The van der Waals surface area contributed by atoms with Crippen molar-refractivity contribution >= 4 is 17.4 Å². The summed E-state index contributed by atoms with van der Waals surface area (Å²) in [5.74, 6) is 1.78. The van der Waals surface area contributed by atoms with E-state index in [1.807, 2.05) is 13.8 Å². The van der Waals surface area contributed by atoms with Crippen molar-refractivity contribution in [1.82, 2.24) is 9.97 Å². The summed E-state index contributed by atoms with van der Waals surface area (Å²) in [4.78, 5) is 10.9. The minimum absolute atomic E-state index is 0.574. The molecular weight excluding hydrogens is 222 g/mol. The van der Waals surface area contributed by atoms with Crippen LogP contribution in [0.3, 0.4) is 0 Å². The van der Waals surface area contributed by atoms with Gasteiger partial charge in [0.2, 0.25) is 0 Å². The zero-order valence-corrected chi connectivity index (χ0v) is 11.3. The number of hydrogen-bond donors (Lipinski definition) is 0. The van der Waals surface area contributed by atoms with Gasteiger partial charge in [-0.25, -0.2) is 9.97 Å².